The smallest absolute Gasteiger partial charge is 0.247 e. The molecule has 0 aromatic heterocycles. The van der Waals surface area contributed by atoms with E-state index < -0.39 is 5.25 Å². The highest BCUT2D eigenvalue weighted by atomic mass is 79.9. The number of imide groups is 1. The van der Waals surface area contributed by atoms with Gasteiger partial charge < -0.3 is 10.1 Å². The predicted octanol–water partition coefficient (Wildman–Crippen LogP) is 4.24. The van der Waals surface area contributed by atoms with Gasteiger partial charge in [0, 0.05) is 28.8 Å². The van der Waals surface area contributed by atoms with Crippen molar-refractivity contribution in [3.05, 3.63) is 53.0 Å². The lowest BCUT2D eigenvalue weighted by Gasteiger charge is -2.15. The number of amides is 3. The maximum atomic E-state index is 12.7. The number of nitrogens with zero attached hydrogens (tertiary/aromatic N) is 1. The summed E-state index contributed by atoms with van der Waals surface area (Å²) in [6.45, 7) is 2.44. The zero-order chi connectivity index (χ0) is 20.8. The van der Waals surface area contributed by atoms with Crippen molar-refractivity contribution in [1.29, 1.82) is 0 Å². The lowest BCUT2D eigenvalue weighted by atomic mass is 10.3. The van der Waals surface area contributed by atoms with Crippen LogP contribution in [0.25, 0.3) is 0 Å². The van der Waals surface area contributed by atoms with Crippen molar-refractivity contribution >= 4 is 56.8 Å². The molecular weight excluding hydrogens is 456 g/mol. The molecule has 2 aromatic carbocycles. The van der Waals surface area contributed by atoms with Gasteiger partial charge in [-0.15, -0.1) is 11.8 Å². The molecule has 1 N–H and O–H groups in total. The minimum absolute atomic E-state index is 0.125. The maximum absolute atomic E-state index is 12.7. The number of rotatable bonds is 8. The molecule has 0 unspecified atom stereocenters. The van der Waals surface area contributed by atoms with Gasteiger partial charge in [0.15, 0.2) is 0 Å². The molecule has 1 aliphatic heterocycles. The molecule has 0 saturated carbocycles. The topological polar surface area (TPSA) is 75.7 Å². The third-order valence-corrected chi connectivity index (χ3v) is 6.03. The number of thioether (sulfide) groups is 1. The van der Waals surface area contributed by atoms with E-state index in [-0.39, 0.29) is 30.6 Å². The van der Waals surface area contributed by atoms with Crippen molar-refractivity contribution in [1.82, 2.24) is 0 Å². The van der Waals surface area contributed by atoms with Gasteiger partial charge in [-0.2, -0.15) is 0 Å². The molecule has 1 atom stereocenters. The minimum atomic E-state index is -0.463. The van der Waals surface area contributed by atoms with E-state index in [0.29, 0.717) is 23.8 Å². The molecule has 3 amide bonds. The zero-order valence-corrected chi connectivity index (χ0v) is 18.3. The Hall–Kier alpha value is -2.32. The van der Waals surface area contributed by atoms with Gasteiger partial charge in [0.1, 0.15) is 5.75 Å². The van der Waals surface area contributed by atoms with Crippen LogP contribution in [0.1, 0.15) is 19.8 Å². The van der Waals surface area contributed by atoms with Crippen LogP contribution in [0.15, 0.2) is 53.0 Å². The number of carbonyl (C=O) groups excluding carboxylic acids is 3. The zero-order valence-electron chi connectivity index (χ0n) is 15.9. The number of ether oxygens (including phenoxy) is 1. The Morgan fingerprint density at radius 2 is 1.86 bits per heavy atom. The molecule has 6 nitrogen and oxygen atoms in total. The summed E-state index contributed by atoms with van der Waals surface area (Å²) >= 11 is 4.69. The van der Waals surface area contributed by atoms with Crippen LogP contribution in [-0.2, 0) is 14.4 Å². The number of nitrogens with one attached hydrogen (secondary N) is 1. The number of hydrogen-bond donors (Lipinski definition) is 1. The molecule has 1 heterocycles. The molecule has 1 saturated heterocycles. The lowest BCUT2D eigenvalue weighted by Crippen LogP contribution is -2.31. The predicted molar refractivity (Wildman–Crippen MR) is 118 cm³/mol. The third kappa shape index (κ3) is 5.61. The molecule has 0 radical (unpaired) electrons. The Morgan fingerprint density at radius 3 is 2.52 bits per heavy atom. The van der Waals surface area contributed by atoms with E-state index >= 15 is 0 Å². The average Bonchev–Trinajstić information content (AvgIpc) is 2.98. The molecule has 2 aromatic rings. The Balaban J connectivity index is 1.50. The van der Waals surface area contributed by atoms with Crippen LogP contribution in [-0.4, -0.2) is 35.3 Å². The van der Waals surface area contributed by atoms with Crippen LogP contribution in [0.5, 0.6) is 5.75 Å². The van der Waals surface area contributed by atoms with Crippen molar-refractivity contribution in [2.45, 2.75) is 25.0 Å². The van der Waals surface area contributed by atoms with Crippen LogP contribution in [0.4, 0.5) is 11.4 Å². The molecule has 0 spiro atoms. The Kier molecular flexibility index (Phi) is 7.33. The van der Waals surface area contributed by atoms with E-state index in [1.54, 1.807) is 24.3 Å². The first kappa shape index (κ1) is 21.4. The van der Waals surface area contributed by atoms with Gasteiger partial charge in [0.25, 0.3) is 0 Å². The lowest BCUT2D eigenvalue weighted by molar-refractivity contribution is -0.121. The van der Waals surface area contributed by atoms with Gasteiger partial charge in [-0.25, -0.2) is 4.90 Å². The molecule has 152 valence electrons. The average molecular weight is 477 g/mol. The van der Waals surface area contributed by atoms with Crippen LogP contribution in [0.3, 0.4) is 0 Å². The quantitative estimate of drug-likeness (QED) is 0.576. The first-order valence-electron chi connectivity index (χ1n) is 9.24. The van der Waals surface area contributed by atoms with Crippen LogP contribution < -0.4 is 15.0 Å². The minimum Gasteiger partial charge on any atom is -0.494 e. The summed E-state index contributed by atoms with van der Waals surface area (Å²) in [5.74, 6) is 0.565. The summed E-state index contributed by atoms with van der Waals surface area (Å²) in [4.78, 5) is 38.3. The molecule has 1 aliphatic rings. The van der Waals surface area contributed by atoms with Gasteiger partial charge in [0.2, 0.25) is 17.7 Å². The maximum Gasteiger partial charge on any atom is 0.247 e. The summed E-state index contributed by atoms with van der Waals surface area (Å²) in [7, 11) is 0. The van der Waals surface area contributed by atoms with E-state index in [2.05, 4.69) is 21.2 Å². The molecule has 1 fully saturated rings. The van der Waals surface area contributed by atoms with Crippen LogP contribution in [0.2, 0.25) is 0 Å². The van der Waals surface area contributed by atoms with E-state index in [4.69, 9.17) is 4.74 Å². The van der Waals surface area contributed by atoms with Crippen molar-refractivity contribution in [3.63, 3.8) is 0 Å². The van der Waals surface area contributed by atoms with Crippen LogP contribution in [0, 0.1) is 0 Å². The fourth-order valence-electron chi connectivity index (χ4n) is 2.91. The van der Waals surface area contributed by atoms with Gasteiger partial charge in [-0.05, 0) is 55.5 Å². The van der Waals surface area contributed by atoms with Gasteiger partial charge >= 0.3 is 0 Å². The molecule has 0 bridgehead atoms. The van der Waals surface area contributed by atoms with Gasteiger partial charge in [-0.1, -0.05) is 15.9 Å². The second-order valence-corrected chi connectivity index (χ2v) is 8.59. The first-order chi connectivity index (χ1) is 14.0. The SMILES string of the molecule is CCOc1ccc(N2C(=O)C[C@@H](SCCC(=O)Nc3ccc(Br)cc3)C2=O)cc1. The van der Waals surface area contributed by atoms with Crippen LogP contribution >= 0.6 is 27.7 Å². The molecular formula is C21H21BrN2O4S. The Labute approximate surface area is 182 Å². The summed E-state index contributed by atoms with van der Waals surface area (Å²) in [6.07, 6.45) is 0.410. The molecule has 0 aliphatic carbocycles. The fourth-order valence-corrected chi connectivity index (χ4v) is 4.27. The monoisotopic (exact) mass is 476 g/mol. The van der Waals surface area contributed by atoms with E-state index in [1.807, 2.05) is 31.2 Å². The molecule has 3 rings (SSSR count). The highest BCUT2D eigenvalue weighted by Gasteiger charge is 2.39. The van der Waals surface area contributed by atoms with Crippen molar-refractivity contribution in [2.24, 2.45) is 0 Å². The van der Waals surface area contributed by atoms with Gasteiger partial charge in [-0.3, -0.25) is 14.4 Å². The second-order valence-electron chi connectivity index (χ2n) is 6.36. The Bertz CT molecular complexity index is 887. The number of anilines is 2. The Morgan fingerprint density at radius 1 is 1.17 bits per heavy atom. The van der Waals surface area contributed by atoms with E-state index in [0.717, 1.165) is 10.2 Å². The van der Waals surface area contributed by atoms with Crippen molar-refractivity contribution < 1.29 is 19.1 Å². The summed E-state index contributed by atoms with van der Waals surface area (Å²) in [5.41, 5.74) is 1.26. The highest BCUT2D eigenvalue weighted by molar-refractivity contribution is 9.10. The highest BCUT2D eigenvalue weighted by Crippen LogP contribution is 2.31. The summed E-state index contributed by atoms with van der Waals surface area (Å²) < 4.78 is 6.33. The molecule has 29 heavy (non-hydrogen) atoms. The third-order valence-electron chi connectivity index (χ3n) is 4.29. The number of halogens is 1. The number of carbonyl (C=O) groups is 3. The van der Waals surface area contributed by atoms with E-state index in [1.165, 1.54) is 16.7 Å². The molecule has 8 heteroatoms. The second kappa shape index (κ2) is 9.93. The number of benzene rings is 2. The van der Waals surface area contributed by atoms with Crippen molar-refractivity contribution in [3.8, 4) is 5.75 Å². The summed E-state index contributed by atoms with van der Waals surface area (Å²) in [5, 5.41) is 2.35. The first-order valence-corrected chi connectivity index (χ1v) is 11.1. The van der Waals surface area contributed by atoms with Gasteiger partial charge in [0.05, 0.1) is 17.5 Å². The fraction of sp³-hybridized carbons (Fsp3) is 0.286. The normalized spacial score (nSPS) is 16.2. The standard InChI is InChI=1S/C21H21BrN2O4S/c1-2-28-17-9-7-16(8-10-17)24-20(26)13-18(21(24)27)29-12-11-19(25)23-15-5-3-14(22)4-6-15/h3-10,18H,2,11-13H2,1H3,(H,23,25)/t18-/m1/s1. The van der Waals surface area contributed by atoms with E-state index in [9.17, 15) is 14.4 Å². The van der Waals surface area contributed by atoms with Crippen molar-refractivity contribution in [2.75, 3.05) is 22.6 Å². The summed E-state index contributed by atoms with van der Waals surface area (Å²) in [6, 6.07) is 14.2. The number of hydrogen-bond acceptors (Lipinski definition) is 5. The largest absolute Gasteiger partial charge is 0.494 e.